The van der Waals surface area contributed by atoms with Gasteiger partial charge in [0.1, 0.15) is 22.3 Å². The van der Waals surface area contributed by atoms with Crippen LogP contribution < -0.4 is 0 Å². The number of hydrogen-bond donors (Lipinski definition) is 0. The zero-order valence-electron chi connectivity index (χ0n) is 22.8. The molecular formula is C38H22N2O3. The molecule has 9 rings (SSSR count). The molecule has 3 heterocycles. The van der Waals surface area contributed by atoms with Crippen LogP contribution in [-0.2, 0) is 0 Å². The first-order valence-corrected chi connectivity index (χ1v) is 14.2. The second kappa shape index (κ2) is 9.29. The molecule has 0 bridgehead atoms. The molecule has 0 N–H and O–H groups in total. The van der Waals surface area contributed by atoms with E-state index in [0.29, 0.717) is 11.8 Å². The second-order valence-electron chi connectivity index (χ2n) is 10.6. The average Bonchev–Trinajstić information content (AvgIpc) is 3.80. The highest BCUT2D eigenvalue weighted by atomic mass is 16.4. The molecule has 202 valence electrons. The van der Waals surface area contributed by atoms with E-state index >= 15 is 0 Å². The van der Waals surface area contributed by atoms with E-state index in [1.807, 2.05) is 60.7 Å². The van der Waals surface area contributed by atoms with Gasteiger partial charge in [0.25, 0.3) is 0 Å². The summed E-state index contributed by atoms with van der Waals surface area (Å²) in [6, 6.07) is 45.0. The van der Waals surface area contributed by atoms with Crippen molar-refractivity contribution in [3.63, 3.8) is 0 Å². The largest absolute Gasteiger partial charge is 0.455 e. The van der Waals surface area contributed by atoms with Gasteiger partial charge in [-0.15, -0.1) is 10.2 Å². The van der Waals surface area contributed by atoms with Gasteiger partial charge in [0, 0.05) is 43.8 Å². The van der Waals surface area contributed by atoms with Gasteiger partial charge in [-0.1, -0.05) is 97.1 Å². The van der Waals surface area contributed by atoms with Crippen molar-refractivity contribution in [2.75, 3.05) is 0 Å². The molecule has 0 aliphatic carbocycles. The van der Waals surface area contributed by atoms with E-state index in [9.17, 15) is 0 Å². The Kier molecular flexibility index (Phi) is 5.13. The van der Waals surface area contributed by atoms with Gasteiger partial charge in [0.05, 0.1) is 0 Å². The summed E-state index contributed by atoms with van der Waals surface area (Å²) in [4.78, 5) is 0. The predicted molar refractivity (Wildman–Crippen MR) is 171 cm³/mol. The Hall–Kier alpha value is -5.94. The molecule has 0 spiro atoms. The minimum atomic E-state index is 0.457. The third-order valence-electron chi connectivity index (χ3n) is 8.07. The number of benzene rings is 6. The summed E-state index contributed by atoms with van der Waals surface area (Å²) in [5, 5.41) is 13.2. The molecule has 0 aliphatic rings. The van der Waals surface area contributed by atoms with Crippen molar-refractivity contribution in [3.05, 3.63) is 133 Å². The number of para-hydroxylation sites is 4. The average molecular weight is 555 g/mol. The lowest BCUT2D eigenvalue weighted by molar-refractivity contribution is 0.584. The van der Waals surface area contributed by atoms with E-state index in [2.05, 4.69) is 83.0 Å². The molecular weight excluding hydrogens is 532 g/mol. The Morgan fingerprint density at radius 3 is 1.28 bits per heavy atom. The zero-order valence-corrected chi connectivity index (χ0v) is 22.8. The number of furan rings is 2. The van der Waals surface area contributed by atoms with E-state index in [1.54, 1.807) is 0 Å². The predicted octanol–water partition coefficient (Wildman–Crippen LogP) is 10.5. The van der Waals surface area contributed by atoms with E-state index in [-0.39, 0.29) is 0 Å². The zero-order chi connectivity index (χ0) is 28.3. The molecule has 9 aromatic rings. The summed E-state index contributed by atoms with van der Waals surface area (Å²) >= 11 is 0. The molecule has 3 aromatic heterocycles. The van der Waals surface area contributed by atoms with Crippen LogP contribution in [0.3, 0.4) is 0 Å². The fourth-order valence-electron chi connectivity index (χ4n) is 6.05. The van der Waals surface area contributed by atoms with E-state index in [4.69, 9.17) is 13.3 Å². The molecule has 0 radical (unpaired) electrons. The molecule has 5 nitrogen and oxygen atoms in total. The Labute approximate surface area is 245 Å². The minimum Gasteiger partial charge on any atom is -0.455 e. The third-order valence-corrected chi connectivity index (χ3v) is 8.07. The lowest BCUT2D eigenvalue weighted by atomic mass is 10.0. The summed E-state index contributed by atoms with van der Waals surface area (Å²) in [5.41, 5.74) is 9.23. The minimum absolute atomic E-state index is 0.457. The van der Waals surface area contributed by atoms with Crippen LogP contribution in [0.4, 0.5) is 0 Å². The van der Waals surface area contributed by atoms with Crippen LogP contribution >= 0.6 is 0 Å². The molecule has 6 aromatic carbocycles. The molecule has 0 fully saturated rings. The Balaban J connectivity index is 1.09. The van der Waals surface area contributed by atoms with Crippen LogP contribution in [0, 0.1) is 0 Å². The fourth-order valence-corrected chi connectivity index (χ4v) is 6.05. The molecule has 0 atom stereocenters. The van der Waals surface area contributed by atoms with Crippen LogP contribution in [0.25, 0.3) is 89.0 Å². The van der Waals surface area contributed by atoms with Gasteiger partial charge < -0.3 is 13.3 Å². The molecule has 5 heteroatoms. The van der Waals surface area contributed by atoms with Crippen molar-refractivity contribution in [1.29, 1.82) is 0 Å². The molecule has 43 heavy (non-hydrogen) atoms. The molecule has 0 amide bonds. The Morgan fingerprint density at radius 1 is 0.349 bits per heavy atom. The first-order valence-electron chi connectivity index (χ1n) is 14.2. The van der Waals surface area contributed by atoms with Crippen LogP contribution in [0.15, 0.2) is 147 Å². The molecule has 0 saturated carbocycles. The van der Waals surface area contributed by atoms with Crippen molar-refractivity contribution >= 4 is 43.9 Å². The van der Waals surface area contributed by atoms with Crippen molar-refractivity contribution in [2.24, 2.45) is 0 Å². The van der Waals surface area contributed by atoms with E-state index < -0.39 is 0 Å². The van der Waals surface area contributed by atoms with E-state index in [1.165, 1.54) is 0 Å². The van der Waals surface area contributed by atoms with Gasteiger partial charge in [-0.05, 0) is 47.5 Å². The summed E-state index contributed by atoms with van der Waals surface area (Å²) in [6.07, 6.45) is 0. The fraction of sp³-hybridized carbons (Fsp3) is 0. The van der Waals surface area contributed by atoms with Crippen molar-refractivity contribution < 1.29 is 13.3 Å². The number of fused-ring (bicyclic) bond motifs is 6. The topological polar surface area (TPSA) is 65.2 Å². The van der Waals surface area contributed by atoms with E-state index in [0.717, 1.165) is 77.3 Å². The monoisotopic (exact) mass is 554 g/mol. The van der Waals surface area contributed by atoms with Gasteiger partial charge >= 0.3 is 0 Å². The van der Waals surface area contributed by atoms with Gasteiger partial charge in [0.15, 0.2) is 0 Å². The SMILES string of the molecule is c1cc(-c2nnc(-c3cccc(-c4cccc5c4oc4ccccc45)c3)o2)cc(-c2cccc3c2oc2ccccc23)c1. The highest BCUT2D eigenvalue weighted by Crippen LogP contribution is 2.39. The summed E-state index contributed by atoms with van der Waals surface area (Å²) in [6.45, 7) is 0. The van der Waals surface area contributed by atoms with Gasteiger partial charge in [-0.25, -0.2) is 0 Å². The molecule has 0 saturated heterocycles. The van der Waals surface area contributed by atoms with Crippen LogP contribution in [0.1, 0.15) is 0 Å². The van der Waals surface area contributed by atoms with Crippen molar-refractivity contribution in [3.8, 4) is 45.2 Å². The first-order chi connectivity index (χ1) is 21.3. The maximum atomic E-state index is 6.28. The highest BCUT2D eigenvalue weighted by Gasteiger charge is 2.17. The number of rotatable bonds is 4. The number of nitrogens with zero attached hydrogens (tertiary/aromatic N) is 2. The van der Waals surface area contributed by atoms with Crippen molar-refractivity contribution in [2.45, 2.75) is 0 Å². The second-order valence-corrected chi connectivity index (χ2v) is 10.6. The third kappa shape index (κ3) is 3.79. The summed E-state index contributed by atoms with van der Waals surface area (Å²) in [5.74, 6) is 0.914. The maximum Gasteiger partial charge on any atom is 0.248 e. The van der Waals surface area contributed by atoms with Crippen molar-refractivity contribution in [1.82, 2.24) is 10.2 Å². The molecule has 0 aliphatic heterocycles. The Morgan fingerprint density at radius 2 is 0.767 bits per heavy atom. The lowest BCUT2D eigenvalue weighted by Crippen LogP contribution is -1.82. The normalized spacial score (nSPS) is 11.7. The van der Waals surface area contributed by atoms with Crippen LogP contribution in [0.2, 0.25) is 0 Å². The summed E-state index contributed by atoms with van der Waals surface area (Å²) < 4.78 is 18.8. The van der Waals surface area contributed by atoms with Gasteiger partial charge in [-0.2, -0.15) is 0 Å². The number of aromatic nitrogens is 2. The lowest BCUT2D eigenvalue weighted by Gasteiger charge is -2.05. The maximum absolute atomic E-state index is 6.28. The highest BCUT2D eigenvalue weighted by molar-refractivity contribution is 6.10. The van der Waals surface area contributed by atoms with Gasteiger partial charge in [-0.3, -0.25) is 0 Å². The Bertz CT molecular complexity index is 2310. The van der Waals surface area contributed by atoms with Crippen LogP contribution in [0.5, 0.6) is 0 Å². The smallest absolute Gasteiger partial charge is 0.248 e. The quantitative estimate of drug-likeness (QED) is 0.216. The molecule has 0 unspecified atom stereocenters. The number of hydrogen-bond acceptors (Lipinski definition) is 5. The van der Waals surface area contributed by atoms with Crippen LogP contribution in [-0.4, -0.2) is 10.2 Å². The first kappa shape index (κ1) is 23.7. The standard InChI is InChI=1S/C38H22N2O3/c1-3-19-33-29(13-1)31-17-7-15-27(35(31)41-33)23-9-5-11-25(21-23)37-39-40-38(43-37)26-12-6-10-24(22-26)28-16-8-18-32-30-14-2-4-20-34(30)42-36(28)32/h1-22H. The van der Waals surface area contributed by atoms with Gasteiger partial charge in [0.2, 0.25) is 11.8 Å². The summed E-state index contributed by atoms with van der Waals surface area (Å²) in [7, 11) is 0.